The maximum atomic E-state index is 12.7. The highest BCUT2D eigenvalue weighted by Crippen LogP contribution is 2.33. The minimum absolute atomic E-state index is 0.159. The van der Waals surface area contributed by atoms with Crippen LogP contribution in [0.5, 0.6) is 5.75 Å². The molecular formula is C17H16N2O6S. The van der Waals surface area contributed by atoms with Crippen LogP contribution in [0.15, 0.2) is 51.2 Å². The van der Waals surface area contributed by atoms with Gasteiger partial charge in [-0.15, -0.1) is 0 Å². The molecule has 0 atom stereocenters. The summed E-state index contributed by atoms with van der Waals surface area (Å²) in [5.74, 6) is -0.263. The highest BCUT2D eigenvalue weighted by atomic mass is 32.2. The van der Waals surface area contributed by atoms with Crippen LogP contribution in [0, 0.1) is 6.92 Å². The van der Waals surface area contributed by atoms with Crippen LogP contribution in [0.4, 0.5) is 0 Å². The first-order chi connectivity index (χ1) is 12.2. The molecule has 0 spiro atoms. The van der Waals surface area contributed by atoms with Crippen LogP contribution in [0.1, 0.15) is 15.9 Å². The number of sulfone groups is 1. The first-order valence-electron chi connectivity index (χ1n) is 7.48. The van der Waals surface area contributed by atoms with Gasteiger partial charge in [-0.2, -0.15) is 0 Å². The average Bonchev–Trinajstić information content (AvgIpc) is 3.02. The van der Waals surface area contributed by atoms with Crippen molar-refractivity contribution in [2.75, 3.05) is 13.4 Å². The second-order valence-electron chi connectivity index (χ2n) is 5.71. The monoisotopic (exact) mass is 376 g/mol. The zero-order valence-corrected chi connectivity index (χ0v) is 15.1. The summed E-state index contributed by atoms with van der Waals surface area (Å²) in [5.41, 5.74) is 0.934. The standard InChI is InChI=1S/C17H16N2O6S/c1-10-9-19(21)7-6-13(10)18-17(20)11-4-5-14(24-2)16-12(11)8-15(25-16)26(3,22)23/h4-9,21H,1-3H3. The van der Waals surface area contributed by atoms with E-state index in [-0.39, 0.29) is 16.2 Å². The Bertz CT molecular complexity index is 1190. The molecule has 0 radical (unpaired) electrons. The predicted molar refractivity (Wildman–Crippen MR) is 92.1 cm³/mol. The fourth-order valence-corrected chi connectivity index (χ4v) is 3.05. The predicted octanol–water partition coefficient (Wildman–Crippen LogP) is 1.93. The highest BCUT2D eigenvalue weighted by Gasteiger charge is 2.21. The minimum atomic E-state index is -3.60. The number of fused-ring (bicyclic) bond motifs is 1. The molecule has 0 saturated heterocycles. The molecule has 136 valence electrons. The van der Waals surface area contributed by atoms with Gasteiger partial charge in [-0.1, -0.05) is 0 Å². The molecule has 0 fully saturated rings. The van der Waals surface area contributed by atoms with Gasteiger partial charge in [0.1, 0.15) is 0 Å². The van der Waals surface area contributed by atoms with Crippen molar-refractivity contribution in [2.24, 2.45) is 4.99 Å². The normalized spacial score (nSPS) is 12.5. The largest absolute Gasteiger partial charge is 0.493 e. The summed E-state index contributed by atoms with van der Waals surface area (Å²) in [7, 11) is -2.18. The number of aryl methyl sites for hydroxylation is 1. The Morgan fingerprint density at radius 1 is 1.31 bits per heavy atom. The summed E-state index contributed by atoms with van der Waals surface area (Å²) in [5, 5.41) is 9.79. The lowest BCUT2D eigenvalue weighted by atomic mass is 10.1. The second kappa shape index (κ2) is 6.34. The first kappa shape index (κ1) is 17.7. The van der Waals surface area contributed by atoms with Crippen molar-refractivity contribution in [3.63, 3.8) is 0 Å². The number of carbonyl (C=O) groups is 1. The molecule has 2 aromatic heterocycles. The number of amides is 1. The van der Waals surface area contributed by atoms with Gasteiger partial charge in [-0.3, -0.25) is 4.79 Å². The van der Waals surface area contributed by atoms with Crippen LogP contribution >= 0.6 is 0 Å². The Morgan fingerprint density at radius 3 is 2.65 bits per heavy atom. The van der Waals surface area contributed by atoms with E-state index in [0.29, 0.717) is 22.1 Å². The van der Waals surface area contributed by atoms with Gasteiger partial charge in [-0.25, -0.2) is 18.1 Å². The van der Waals surface area contributed by atoms with Gasteiger partial charge in [0.15, 0.2) is 11.3 Å². The molecule has 1 amide bonds. The van der Waals surface area contributed by atoms with Gasteiger partial charge < -0.3 is 14.4 Å². The topological polar surface area (TPSA) is 111 Å². The van der Waals surface area contributed by atoms with Crippen molar-refractivity contribution >= 4 is 26.7 Å². The highest BCUT2D eigenvalue weighted by molar-refractivity contribution is 7.90. The van der Waals surface area contributed by atoms with E-state index in [4.69, 9.17) is 9.15 Å². The van der Waals surface area contributed by atoms with Gasteiger partial charge in [0.2, 0.25) is 14.9 Å². The second-order valence-corrected chi connectivity index (χ2v) is 7.65. The number of methoxy groups -OCH3 is 1. The van der Waals surface area contributed by atoms with E-state index in [1.54, 1.807) is 6.92 Å². The molecule has 1 N–H and O–H groups in total. The quantitative estimate of drug-likeness (QED) is 0.699. The smallest absolute Gasteiger partial charge is 0.278 e. The van der Waals surface area contributed by atoms with Gasteiger partial charge in [0, 0.05) is 30.1 Å². The molecule has 0 bridgehead atoms. The van der Waals surface area contributed by atoms with Crippen LogP contribution in [0.25, 0.3) is 11.0 Å². The molecule has 8 nitrogen and oxygen atoms in total. The number of benzene rings is 1. The van der Waals surface area contributed by atoms with Crippen molar-refractivity contribution < 1.29 is 27.6 Å². The fraction of sp³-hybridized carbons (Fsp3) is 0.176. The summed E-state index contributed by atoms with van der Waals surface area (Å²) in [6, 6.07) is 5.79. The van der Waals surface area contributed by atoms with Gasteiger partial charge in [-0.05, 0) is 30.7 Å². The molecule has 0 saturated carbocycles. The number of pyridine rings is 1. The lowest BCUT2D eigenvalue weighted by Crippen LogP contribution is -2.12. The summed E-state index contributed by atoms with van der Waals surface area (Å²) in [6.07, 6.45) is 3.78. The Labute approximate surface area is 148 Å². The Hall–Kier alpha value is -3.07. The fourth-order valence-electron chi connectivity index (χ4n) is 2.49. The van der Waals surface area contributed by atoms with E-state index in [2.05, 4.69) is 4.99 Å². The summed E-state index contributed by atoms with van der Waals surface area (Å²) in [4.78, 5) is 16.7. The number of carbonyl (C=O) groups excluding carboxylic acids is 1. The van der Waals surface area contributed by atoms with Gasteiger partial charge in [0.05, 0.1) is 18.0 Å². The third kappa shape index (κ3) is 3.21. The van der Waals surface area contributed by atoms with Gasteiger partial charge >= 0.3 is 0 Å². The first-order valence-corrected chi connectivity index (χ1v) is 9.37. The van der Waals surface area contributed by atoms with Crippen LogP contribution in [0.3, 0.4) is 0 Å². The molecule has 2 heterocycles. The zero-order valence-electron chi connectivity index (χ0n) is 14.3. The summed E-state index contributed by atoms with van der Waals surface area (Å²) in [6.45, 7) is 1.70. The maximum Gasteiger partial charge on any atom is 0.278 e. The summed E-state index contributed by atoms with van der Waals surface area (Å²) >= 11 is 0. The molecule has 9 heteroatoms. The SMILES string of the molecule is COc1ccc(C(=O)N=c2ccn(O)cc2C)c2cc(S(C)(=O)=O)oc12. The van der Waals surface area contributed by atoms with Crippen molar-refractivity contribution in [1.82, 2.24) is 4.73 Å². The van der Waals surface area contributed by atoms with Crippen LogP contribution in [-0.4, -0.2) is 37.6 Å². The minimum Gasteiger partial charge on any atom is -0.493 e. The third-order valence-corrected chi connectivity index (χ3v) is 4.71. The van der Waals surface area contributed by atoms with E-state index in [1.165, 1.54) is 43.8 Å². The van der Waals surface area contributed by atoms with Crippen molar-refractivity contribution in [1.29, 1.82) is 0 Å². The van der Waals surface area contributed by atoms with Crippen LogP contribution in [-0.2, 0) is 9.84 Å². The molecule has 0 aliphatic carbocycles. The number of aromatic nitrogens is 1. The molecule has 3 aromatic rings. The number of furan rings is 1. The van der Waals surface area contributed by atoms with Crippen molar-refractivity contribution in [3.05, 3.63) is 53.1 Å². The molecule has 1 aromatic carbocycles. The van der Waals surface area contributed by atoms with E-state index in [1.807, 2.05) is 0 Å². The van der Waals surface area contributed by atoms with Crippen LogP contribution < -0.4 is 10.1 Å². The maximum absolute atomic E-state index is 12.7. The number of rotatable bonds is 3. The third-order valence-electron chi connectivity index (χ3n) is 3.78. The van der Waals surface area contributed by atoms with E-state index in [0.717, 1.165) is 11.0 Å². The average molecular weight is 376 g/mol. The zero-order chi connectivity index (χ0) is 19.1. The van der Waals surface area contributed by atoms with Crippen LogP contribution in [0.2, 0.25) is 0 Å². The number of nitrogens with zero attached hydrogens (tertiary/aromatic N) is 2. The van der Waals surface area contributed by atoms with Crippen molar-refractivity contribution in [2.45, 2.75) is 12.0 Å². The molecule has 0 aliphatic heterocycles. The molecule has 26 heavy (non-hydrogen) atoms. The molecule has 0 aliphatic rings. The van der Waals surface area contributed by atoms with E-state index >= 15 is 0 Å². The number of ether oxygens (including phenoxy) is 1. The lowest BCUT2D eigenvalue weighted by molar-refractivity contribution is 0.0999. The van der Waals surface area contributed by atoms with Gasteiger partial charge in [0.25, 0.3) is 5.91 Å². The Balaban J connectivity index is 2.21. The molecule has 3 rings (SSSR count). The lowest BCUT2D eigenvalue weighted by Gasteiger charge is -2.03. The van der Waals surface area contributed by atoms with E-state index < -0.39 is 15.7 Å². The Morgan fingerprint density at radius 2 is 2.04 bits per heavy atom. The summed E-state index contributed by atoms with van der Waals surface area (Å²) < 4.78 is 35.0. The molecular weight excluding hydrogens is 360 g/mol. The van der Waals surface area contributed by atoms with E-state index in [9.17, 15) is 18.4 Å². The van der Waals surface area contributed by atoms with Crippen molar-refractivity contribution in [3.8, 4) is 5.75 Å². The number of hydrogen-bond acceptors (Lipinski definition) is 6. The Kier molecular flexibility index (Phi) is 4.33. The molecule has 0 unspecified atom stereocenters. The number of hydrogen-bond donors (Lipinski definition) is 1.